The summed E-state index contributed by atoms with van der Waals surface area (Å²) in [5, 5.41) is 11.8. The van der Waals surface area contributed by atoms with Crippen LogP contribution in [0.25, 0.3) is 0 Å². The molecule has 1 atom stereocenters. The molecule has 1 saturated heterocycles. The zero-order valence-corrected chi connectivity index (χ0v) is 8.24. The summed E-state index contributed by atoms with van der Waals surface area (Å²) in [7, 11) is 0. The maximum atomic E-state index is 11.6. The Bertz CT molecular complexity index is 207. The van der Waals surface area contributed by atoms with Gasteiger partial charge in [-0.1, -0.05) is 0 Å². The highest BCUT2D eigenvalue weighted by molar-refractivity contribution is 5.79. The Morgan fingerprint density at radius 2 is 2.29 bits per heavy atom. The monoisotopic (exact) mass is 199 g/mol. The summed E-state index contributed by atoms with van der Waals surface area (Å²) in [5.74, 6) is 0.590. The van der Waals surface area contributed by atoms with Crippen molar-refractivity contribution >= 4 is 5.91 Å². The van der Waals surface area contributed by atoms with Crippen LogP contribution in [0.1, 0.15) is 19.3 Å². The molecule has 2 fully saturated rings. The van der Waals surface area contributed by atoms with Gasteiger partial charge < -0.3 is 15.2 Å². The Labute approximate surface area is 83.6 Å². The molecule has 0 aromatic rings. The first-order valence-electron chi connectivity index (χ1n) is 5.28. The predicted molar refractivity (Wildman–Crippen MR) is 50.7 cm³/mol. The minimum Gasteiger partial charge on any atom is -0.396 e. The van der Waals surface area contributed by atoms with E-state index in [9.17, 15) is 4.79 Å². The topological polar surface area (TPSA) is 58.6 Å². The normalized spacial score (nSPS) is 36.5. The molecule has 4 nitrogen and oxygen atoms in total. The van der Waals surface area contributed by atoms with Crippen molar-refractivity contribution in [1.82, 2.24) is 5.32 Å². The van der Waals surface area contributed by atoms with Crippen LogP contribution in [-0.4, -0.2) is 36.9 Å². The molecule has 1 aliphatic heterocycles. The van der Waals surface area contributed by atoms with Crippen molar-refractivity contribution in [3.63, 3.8) is 0 Å². The van der Waals surface area contributed by atoms with E-state index in [1.807, 2.05) is 0 Å². The minimum absolute atomic E-state index is 0.0585. The lowest BCUT2D eigenvalue weighted by atomic mass is 9.80. The number of carbonyl (C=O) groups is 1. The van der Waals surface area contributed by atoms with Crippen LogP contribution >= 0.6 is 0 Å². The Balaban J connectivity index is 1.68. The molecule has 1 saturated carbocycles. The Hall–Kier alpha value is -0.610. The lowest BCUT2D eigenvalue weighted by Crippen LogP contribution is -2.47. The lowest BCUT2D eigenvalue weighted by molar-refractivity contribution is -0.126. The predicted octanol–water partition coefficient (Wildman–Crippen LogP) is -0.0900. The second-order valence-corrected chi connectivity index (χ2v) is 4.29. The number of carbonyl (C=O) groups excluding carboxylic acids is 1. The van der Waals surface area contributed by atoms with Crippen LogP contribution in [0.15, 0.2) is 0 Å². The van der Waals surface area contributed by atoms with Crippen molar-refractivity contribution in [2.24, 2.45) is 11.8 Å². The zero-order chi connectivity index (χ0) is 9.97. The molecule has 0 aromatic heterocycles. The van der Waals surface area contributed by atoms with Gasteiger partial charge in [0.25, 0.3) is 0 Å². The van der Waals surface area contributed by atoms with Gasteiger partial charge in [-0.2, -0.15) is 0 Å². The SMILES string of the molecule is O=C(NC1CC(CO)C1)C1CCOC1. The molecule has 2 rings (SSSR count). The molecule has 0 radical (unpaired) electrons. The fourth-order valence-corrected chi connectivity index (χ4v) is 2.06. The fourth-order valence-electron chi connectivity index (χ4n) is 2.06. The van der Waals surface area contributed by atoms with Crippen molar-refractivity contribution in [3.8, 4) is 0 Å². The van der Waals surface area contributed by atoms with Crippen LogP contribution in [0.4, 0.5) is 0 Å². The third-order valence-electron chi connectivity index (χ3n) is 3.14. The van der Waals surface area contributed by atoms with E-state index in [0.717, 1.165) is 19.3 Å². The number of hydrogen-bond acceptors (Lipinski definition) is 3. The summed E-state index contributed by atoms with van der Waals surface area (Å²) in [6.45, 7) is 1.53. The molecule has 4 heteroatoms. The summed E-state index contributed by atoms with van der Waals surface area (Å²) in [6, 6.07) is 0.292. The van der Waals surface area contributed by atoms with Gasteiger partial charge in [0, 0.05) is 19.3 Å². The average Bonchev–Trinajstić information content (AvgIpc) is 2.62. The molecule has 1 heterocycles. The van der Waals surface area contributed by atoms with Crippen LogP contribution in [0.5, 0.6) is 0 Å². The van der Waals surface area contributed by atoms with E-state index in [0.29, 0.717) is 25.2 Å². The third-order valence-corrected chi connectivity index (χ3v) is 3.14. The third kappa shape index (κ3) is 2.07. The van der Waals surface area contributed by atoms with E-state index in [1.165, 1.54) is 0 Å². The lowest BCUT2D eigenvalue weighted by Gasteiger charge is -2.35. The molecule has 1 unspecified atom stereocenters. The van der Waals surface area contributed by atoms with Crippen LogP contribution in [0.3, 0.4) is 0 Å². The molecule has 2 N–H and O–H groups in total. The van der Waals surface area contributed by atoms with E-state index >= 15 is 0 Å². The highest BCUT2D eigenvalue weighted by Gasteiger charge is 2.32. The molecule has 1 amide bonds. The molecule has 2 aliphatic rings. The molecule has 80 valence electrons. The molecule has 0 aromatic carbocycles. The number of ether oxygens (including phenoxy) is 1. The highest BCUT2D eigenvalue weighted by Crippen LogP contribution is 2.27. The average molecular weight is 199 g/mol. The summed E-state index contributed by atoms with van der Waals surface area (Å²) in [5.41, 5.74) is 0. The van der Waals surface area contributed by atoms with Crippen LogP contribution in [-0.2, 0) is 9.53 Å². The van der Waals surface area contributed by atoms with Gasteiger partial charge >= 0.3 is 0 Å². The van der Waals surface area contributed by atoms with Crippen molar-refractivity contribution < 1.29 is 14.6 Å². The van der Waals surface area contributed by atoms with E-state index < -0.39 is 0 Å². The smallest absolute Gasteiger partial charge is 0.225 e. The Morgan fingerprint density at radius 1 is 1.50 bits per heavy atom. The standard InChI is InChI=1S/C10H17NO3/c12-5-7-3-9(4-7)11-10(13)8-1-2-14-6-8/h7-9,12H,1-6H2,(H,11,13). The first-order chi connectivity index (χ1) is 6.79. The summed E-state index contributed by atoms with van der Waals surface area (Å²) >= 11 is 0. The van der Waals surface area contributed by atoms with E-state index in [4.69, 9.17) is 9.84 Å². The summed E-state index contributed by atoms with van der Waals surface area (Å²) < 4.78 is 5.15. The Morgan fingerprint density at radius 3 is 2.86 bits per heavy atom. The van der Waals surface area contributed by atoms with Gasteiger partial charge in [-0.05, 0) is 25.2 Å². The number of rotatable bonds is 3. The summed E-state index contributed by atoms with van der Waals surface area (Å²) in [4.78, 5) is 11.6. The molecule has 14 heavy (non-hydrogen) atoms. The zero-order valence-electron chi connectivity index (χ0n) is 8.24. The number of amides is 1. The molecule has 1 aliphatic carbocycles. The minimum atomic E-state index is 0.0585. The maximum absolute atomic E-state index is 11.6. The number of aliphatic hydroxyl groups excluding tert-OH is 1. The second-order valence-electron chi connectivity index (χ2n) is 4.29. The van der Waals surface area contributed by atoms with Crippen molar-refractivity contribution in [2.45, 2.75) is 25.3 Å². The van der Waals surface area contributed by atoms with Crippen molar-refractivity contribution in [1.29, 1.82) is 0 Å². The number of aliphatic hydroxyl groups is 1. The van der Waals surface area contributed by atoms with Crippen LogP contribution < -0.4 is 5.32 Å². The van der Waals surface area contributed by atoms with Gasteiger partial charge in [-0.3, -0.25) is 4.79 Å². The van der Waals surface area contributed by atoms with Crippen LogP contribution in [0, 0.1) is 11.8 Å². The first-order valence-corrected chi connectivity index (χ1v) is 5.28. The largest absolute Gasteiger partial charge is 0.396 e. The van der Waals surface area contributed by atoms with E-state index in [-0.39, 0.29) is 18.4 Å². The van der Waals surface area contributed by atoms with Crippen molar-refractivity contribution in [2.75, 3.05) is 19.8 Å². The van der Waals surface area contributed by atoms with E-state index in [2.05, 4.69) is 5.32 Å². The highest BCUT2D eigenvalue weighted by atomic mass is 16.5. The fraction of sp³-hybridized carbons (Fsp3) is 0.900. The maximum Gasteiger partial charge on any atom is 0.225 e. The molecule has 0 bridgehead atoms. The molecular weight excluding hydrogens is 182 g/mol. The van der Waals surface area contributed by atoms with Gasteiger partial charge in [-0.25, -0.2) is 0 Å². The number of nitrogens with one attached hydrogen (secondary N) is 1. The van der Waals surface area contributed by atoms with Gasteiger partial charge in [0.05, 0.1) is 12.5 Å². The first kappa shape index (κ1) is 9.93. The summed E-state index contributed by atoms with van der Waals surface area (Å²) in [6.07, 6.45) is 2.70. The van der Waals surface area contributed by atoms with E-state index in [1.54, 1.807) is 0 Å². The van der Waals surface area contributed by atoms with Crippen molar-refractivity contribution in [3.05, 3.63) is 0 Å². The van der Waals surface area contributed by atoms with Gasteiger partial charge in [0.2, 0.25) is 5.91 Å². The molecular formula is C10H17NO3. The number of hydrogen-bond donors (Lipinski definition) is 2. The molecule has 0 spiro atoms. The Kier molecular flexibility index (Phi) is 3.03. The van der Waals surface area contributed by atoms with Gasteiger partial charge in [-0.15, -0.1) is 0 Å². The van der Waals surface area contributed by atoms with Gasteiger partial charge in [0.15, 0.2) is 0 Å². The second kappa shape index (κ2) is 4.28. The van der Waals surface area contributed by atoms with Crippen LogP contribution in [0.2, 0.25) is 0 Å². The van der Waals surface area contributed by atoms with Gasteiger partial charge in [0.1, 0.15) is 0 Å². The quantitative estimate of drug-likeness (QED) is 0.668.